The van der Waals surface area contributed by atoms with Gasteiger partial charge in [-0.1, -0.05) is 12.1 Å². The van der Waals surface area contributed by atoms with Crippen molar-refractivity contribution in [3.05, 3.63) is 37.2 Å². The average Bonchev–Trinajstić information content (AvgIpc) is 3.27. The van der Waals surface area contributed by atoms with Crippen molar-refractivity contribution in [2.75, 3.05) is 11.9 Å². The number of hydrogen-bond acceptors (Lipinski definition) is 6. The van der Waals surface area contributed by atoms with Crippen molar-refractivity contribution in [3.8, 4) is 17.1 Å². The predicted molar refractivity (Wildman–Crippen MR) is 90.8 cm³/mol. The molecule has 0 unspecified atom stereocenters. The van der Waals surface area contributed by atoms with Crippen LogP contribution >= 0.6 is 0 Å². The molecular weight excluding hydrogens is 306 g/mol. The molecule has 0 spiro atoms. The van der Waals surface area contributed by atoms with Gasteiger partial charge < -0.3 is 10.4 Å². The third kappa shape index (κ3) is 3.43. The lowest BCUT2D eigenvalue weighted by Gasteiger charge is -2.16. The maximum Gasteiger partial charge on any atom is 0.139 e. The van der Waals surface area contributed by atoms with Gasteiger partial charge in [0, 0.05) is 48.5 Å². The molecule has 0 fully saturated rings. The molecule has 0 aliphatic carbocycles. The fourth-order valence-corrected chi connectivity index (χ4v) is 2.38. The summed E-state index contributed by atoms with van der Waals surface area (Å²) >= 11 is 0. The monoisotopic (exact) mass is 327 g/mol. The van der Waals surface area contributed by atoms with Gasteiger partial charge in [-0.2, -0.15) is 0 Å². The Morgan fingerprint density at radius 2 is 2.25 bits per heavy atom. The Kier molecular flexibility index (Phi) is 4.85. The molecule has 0 bridgehead atoms. The summed E-state index contributed by atoms with van der Waals surface area (Å²) in [5, 5.41) is 21.0. The zero-order valence-corrected chi connectivity index (χ0v) is 13.8. The minimum atomic E-state index is -0.0903. The lowest BCUT2D eigenvalue weighted by Crippen LogP contribution is -2.20. The standard InChI is InChI=1S/C16H21N7O/c1-3-5-23-9-15(20-21-23)13-8-18-16(22-6-4-17-11-22)7-14(13)19-12(2)10-24/h4,6-9,11-12,24H,3,5,10H2,1-2H3,(H,18,19)/t12-/m0/s1. The summed E-state index contributed by atoms with van der Waals surface area (Å²) < 4.78 is 3.64. The van der Waals surface area contributed by atoms with Crippen molar-refractivity contribution in [1.82, 2.24) is 29.5 Å². The fourth-order valence-electron chi connectivity index (χ4n) is 2.38. The summed E-state index contributed by atoms with van der Waals surface area (Å²) in [6.07, 6.45) is 9.90. The molecule has 3 aromatic heterocycles. The van der Waals surface area contributed by atoms with Crippen LogP contribution in [-0.4, -0.2) is 47.3 Å². The first kappa shape index (κ1) is 16.1. The molecular formula is C16H21N7O. The SMILES string of the molecule is CCCn1cc(-c2cnc(-n3ccnc3)cc2N[C@@H](C)CO)nn1. The maximum absolute atomic E-state index is 9.36. The van der Waals surface area contributed by atoms with Gasteiger partial charge in [0.1, 0.15) is 17.8 Å². The average molecular weight is 327 g/mol. The number of nitrogens with one attached hydrogen (secondary N) is 1. The Morgan fingerprint density at radius 3 is 2.96 bits per heavy atom. The summed E-state index contributed by atoms with van der Waals surface area (Å²) in [6, 6.07) is 1.83. The van der Waals surface area contributed by atoms with Crippen LogP contribution in [0.2, 0.25) is 0 Å². The van der Waals surface area contributed by atoms with Crippen LogP contribution in [0, 0.1) is 0 Å². The van der Waals surface area contributed by atoms with Crippen LogP contribution in [-0.2, 0) is 6.54 Å². The Labute approximate surface area is 140 Å². The Bertz CT molecular complexity index is 782. The normalized spacial score (nSPS) is 12.3. The zero-order valence-electron chi connectivity index (χ0n) is 13.8. The van der Waals surface area contributed by atoms with E-state index in [9.17, 15) is 5.11 Å². The number of aromatic nitrogens is 6. The van der Waals surface area contributed by atoms with Gasteiger partial charge in [0.2, 0.25) is 0 Å². The van der Waals surface area contributed by atoms with E-state index in [1.54, 1.807) is 18.7 Å². The van der Waals surface area contributed by atoms with Crippen molar-refractivity contribution in [2.45, 2.75) is 32.9 Å². The van der Waals surface area contributed by atoms with Crippen LogP contribution in [0.25, 0.3) is 17.1 Å². The van der Waals surface area contributed by atoms with Crippen LogP contribution in [0.5, 0.6) is 0 Å². The number of nitrogens with zero attached hydrogens (tertiary/aromatic N) is 6. The van der Waals surface area contributed by atoms with Crippen molar-refractivity contribution in [1.29, 1.82) is 0 Å². The maximum atomic E-state index is 9.36. The Hall–Kier alpha value is -2.74. The van der Waals surface area contributed by atoms with E-state index in [0.717, 1.165) is 35.7 Å². The highest BCUT2D eigenvalue weighted by molar-refractivity contribution is 5.75. The molecule has 3 heterocycles. The number of hydrogen-bond donors (Lipinski definition) is 2. The zero-order chi connectivity index (χ0) is 16.9. The molecule has 3 rings (SSSR count). The van der Waals surface area contributed by atoms with E-state index in [2.05, 4.69) is 32.5 Å². The lowest BCUT2D eigenvalue weighted by atomic mass is 10.1. The summed E-state index contributed by atoms with van der Waals surface area (Å²) in [4.78, 5) is 8.54. The van der Waals surface area contributed by atoms with E-state index >= 15 is 0 Å². The Morgan fingerprint density at radius 1 is 1.38 bits per heavy atom. The van der Waals surface area contributed by atoms with Gasteiger partial charge >= 0.3 is 0 Å². The summed E-state index contributed by atoms with van der Waals surface area (Å²) in [6.45, 7) is 4.86. The third-order valence-corrected chi connectivity index (χ3v) is 3.60. The lowest BCUT2D eigenvalue weighted by molar-refractivity contribution is 0.281. The summed E-state index contributed by atoms with van der Waals surface area (Å²) in [7, 11) is 0. The largest absolute Gasteiger partial charge is 0.394 e. The highest BCUT2D eigenvalue weighted by Gasteiger charge is 2.13. The molecule has 0 radical (unpaired) electrons. The van der Waals surface area contributed by atoms with Crippen LogP contribution in [0.4, 0.5) is 5.69 Å². The molecule has 8 heteroatoms. The van der Waals surface area contributed by atoms with E-state index in [4.69, 9.17) is 0 Å². The quantitative estimate of drug-likeness (QED) is 0.686. The molecule has 1 atom stereocenters. The molecule has 0 saturated carbocycles. The van der Waals surface area contributed by atoms with Crippen molar-refractivity contribution in [2.24, 2.45) is 0 Å². The molecule has 3 aromatic rings. The molecule has 0 amide bonds. The highest BCUT2D eigenvalue weighted by Crippen LogP contribution is 2.27. The molecule has 0 aliphatic heterocycles. The summed E-state index contributed by atoms with van der Waals surface area (Å²) in [5.41, 5.74) is 2.45. The van der Waals surface area contributed by atoms with Crippen LogP contribution in [0.3, 0.4) is 0 Å². The van der Waals surface area contributed by atoms with Gasteiger partial charge in [-0.15, -0.1) is 5.10 Å². The second-order valence-corrected chi connectivity index (χ2v) is 5.65. The van der Waals surface area contributed by atoms with Gasteiger partial charge in [0.05, 0.1) is 12.8 Å². The third-order valence-electron chi connectivity index (χ3n) is 3.60. The first-order valence-corrected chi connectivity index (χ1v) is 7.97. The molecule has 8 nitrogen and oxygen atoms in total. The number of pyridine rings is 1. The summed E-state index contributed by atoms with van der Waals surface area (Å²) in [5.74, 6) is 0.741. The van der Waals surface area contributed by atoms with E-state index < -0.39 is 0 Å². The number of imidazole rings is 1. The van der Waals surface area contributed by atoms with E-state index in [1.807, 2.05) is 34.6 Å². The first-order chi connectivity index (χ1) is 11.7. The van der Waals surface area contributed by atoms with Gasteiger partial charge in [-0.05, 0) is 13.3 Å². The molecule has 0 saturated heterocycles. The topological polar surface area (TPSA) is 93.7 Å². The minimum Gasteiger partial charge on any atom is -0.394 e. The number of anilines is 1. The predicted octanol–water partition coefficient (Wildman–Crippen LogP) is 1.73. The second kappa shape index (κ2) is 7.22. The van der Waals surface area contributed by atoms with Crippen molar-refractivity contribution < 1.29 is 5.11 Å². The van der Waals surface area contributed by atoms with E-state index in [1.165, 1.54) is 0 Å². The number of rotatable bonds is 7. The van der Waals surface area contributed by atoms with Crippen LogP contribution in [0.15, 0.2) is 37.2 Å². The molecule has 24 heavy (non-hydrogen) atoms. The van der Waals surface area contributed by atoms with Gasteiger partial charge in [-0.25, -0.2) is 9.97 Å². The van der Waals surface area contributed by atoms with E-state index in [0.29, 0.717) is 0 Å². The number of aliphatic hydroxyl groups is 1. The van der Waals surface area contributed by atoms with Crippen LogP contribution < -0.4 is 5.32 Å². The van der Waals surface area contributed by atoms with Gasteiger partial charge in [0.15, 0.2) is 0 Å². The fraction of sp³-hybridized carbons (Fsp3) is 0.375. The van der Waals surface area contributed by atoms with Crippen LogP contribution in [0.1, 0.15) is 20.3 Å². The smallest absolute Gasteiger partial charge is 0.139 e. The number of aliphatic hydroxyl groups excluding tert-OH is 1. The van der Waals surface area contributed by atoms with E-state index in [-0.39, 0.29) is 12.6 Å². The minimum absolute atomic E-state index is 0.0324. The first-order valence-electron chi connectivity index (χ1n) is 7.97. The molecule has 2 N–H and O–H groups in total. The molecule has 0 aromatic carbocycles. The number of aryl methyl sites for hydroxylation is 1. The molecule has 126 valence electrons. The van der Waals surface area contributed by atoms with Gasteiger partial charge in [0.25, 0.3) is 0 Å². The Balaban J connectivity index is 1.99. The molecule has 0 aliphatic rings. The van der Waals surface area contributed by atoms with Crippen molar-refractivity contribution in [3.63, 3.8) is 0 Å². The second-order valence-electron chi connectivity index (χ2n) is 5.65. The van der Waals surface area contributed by atoms with Crippen molar-refractivity contribution >= 4 is 5.69 Å². The highest BCUT2D eigenvalue weighted by atomic mass is 16.3. The van der Waals surface area contributed by atoms with Gasteiger partial charge in [-0.3, -0.25) is 9.25 Å².